The van der Waals surface area contributed by atoms with Gasteiger partial charge in [0.2, 0.25) is 0 Å². The molecule has 0 radical (unpaired) electrons. The summed E-state index contributed by atoms with van der Waals surface area (Å²) in [4.78, 5) is 2.11. The second kappa shape index (κ2) is 3.26. The van der Waals surface area contributed by atoms with Crippen LogP contribution in [0.15, 0.2) is 22.7 Å². The first-order chi connectivity index (χ1) is 5.13. The number of hydrogen-bond donors (Lipinski definition) is 0. The number of anilines is 1. The molecule has 0 amide bonds. The minimum absolute atomic E-state index is 1.16. The van der Waals surface area contributed by atoms with Crippen molar-refractivity contribution in [2.24, 2.45) is 0 Å². The maximum Gasteiger partial charge on any atom is 0.0535 e. The Morgan fingerprint density at radius 2 is 1.91 bits per heavy atom. The van der Waals surface area contributed by atoms with Crippen LogP contribution in [0.1, 0.15) is 5.56 Å². The van der Waals surface area contributed by atoms with Crippen LogP contribution in [0, 0.1) is 6.92 Å². The van der Waals surface area contributed by atoms with Crippen molar-refractivity contribution in [2.45, 2.75) is 6.92 Å². The lowest BCUT2D eigenvalue weighted by molar-refractivity contribution is 1.11. The molecule has 0 unspecified atom stereocenters. The molecule has 0 N–H and O–H groups in total. The van der Waals surface area contributed by atoms with Gasteiger partial charge in [-0.25, -0.2) is 0 Å². The van der Waals surface area contributed by atoms with Crippen molar-refractivity contribution in [1.82, 2.24) is 0 Å². The number of nitrogens with zero attached hydrogens (tertiary/aromatic N) is 1. The lowest BCUT2D eigenvalue weighted by atomic mass is 10.2. The van der Waals surface area contributed by atoms with E-state index in [1.807, 2.05) is 20.2 Å². The zero-order valence-corrected chi connectivity index (χ0v) is 8.64. The van der Waals surface area contributed by atoms with Gasteiger partial charge in [0.1, 0.15) is 0 Å². The second-order valence-corrected chi connectivity index (χ2v) is 3.65. The van der Waals surface area contributed by atoms with E-state index in [0.29, 0.717) is 0 Å². The van der Waals surface area contributed by atoms with E-state index in [1.54, 1.807) is 0 Å². The van der Waals surface area contributed by atoms with Gasteiger partial charge in [-0.15, -0.1) is 0 Å². The van der Waals surface area contributed by atoms with Gasteiger partial charge in [0, 0.05) is 18.6 Å². The molecule has 0 heterocycles. The predicted molar refractivity (Wildman–Crippen MR) is 53.2 cm³/mol. The molecule has 0 saturated heterocycles. The first-order valence-corrected chi connectivity index (χ1v) is 4.34. The fraction of sp³-hybridized carbons (Fsp3) is 0.333. The summed E-state index contributed by atoms with van der Waals surface area (Å²) in [5, 5.41) is 0. The third-order valence-electron chi connectivity index (χ3n) is 1.64. The van der Waals surface area contributed by atoms with Crippen molar-refractivity contribution in [3.8, 4) is 0 Å². The fourth-order valence-electron chi connectivity index (χ4n) is 1.19. The van der Waals surface area contributed by atoms with Gasteiger partial charge in [0.15, 0.2) is 0 Å². The van der Waals surface area contributed by atoms with Crippen molar-refractivity contribution in [3.05, 3.63) is 28.2 Å². The molecule has 60 valence electrons. The minimum Gasteiger partial charge on any atom is -0.377 e. The number of rotatable bonds is 1. The molecule has 1 aromatic carbocycles. The Balaban J connectivity index is 3.21. The summed E-state index contributed by atoms with van der Waals surface area (Å²) in [6.07, 6.45) is 0. The van der Waals surface area contributed by atoms with Gasteiger partial charge >= 0.3 is 0 Å². The van der Waals surface area contributed by atoms with E-state index in [9.17, 15) is 0 Å². The topological polar surface area (TPSA) is 3.24 Å². The highest BCUT2D eigenvalue weighted by Crippen LogP contribution is 2.27. The van der Waals surface area contributed by atoms with E-state index in [1.165, 1.54) is 11.3 Å². The van der Waals surface area contributed by atoms with Crippen LogP contribution in [0.5, 0.6) is 0 Å². The van der Waals surface area contributed by atoms with E-state index in [0.717, 1.165) is 4.47 Å². The molecule has 0 aliphatic rings. The summed E-state index contributed by atoms with van der Waals surface area (Å²) in [7, 11) is 4.10. The molecule has 0 aliphatic heterocycles. The normalized spacial score (nSPS) is 9.82. The van der Waals surface area contributed by atoms with Crippen LogP contribution in [-0.2, 0) is 0 Å². The molecular formula is C9H12BrN. The summed E-state index contributed by atoms with van der Waals surface area (Å²) >= 11 is 3.51. The minimum atomic E-state index is 1.16. The highest BCUT2D eigenvalue weighted by molar-refractivity contribution is 9.10. The van der Waals surface area contributed by atoms with E-state index in [-0.39, 0.29) is 0 Å². The maximum atomic E-state index is 3.51. The van der Waals surface area contributed by atoms with Gasteiger partial charge in [0.25, 0.3) is 0 Å². The molecule has 0 saturated carbocycles. The summed E-state index contributed by atoms with van der Waals surface area (Å²) < 4.78 is 1.16. The van der Waals surface area contributed by atoms with Crippen LogP contribution in [-0.4, -0.2) is 14.1 Å². The van der Waals surface area contributed by atoms with E-state index in [4.69, 9.17) is 0 Å². The summed E-state index contributed by atoms with van der Waals surface area (Å²) in [6.45, 7) is 2.11. The standard InChI is InChI=1S/C9H12BrN/c1-7-5-4-6-8(10)9(7)11(2)3/h4-6H,1-3H3. The van der Waals surface area contributed by atoms with Gasteiger partial charge in [-0.3, -0.25) is 0 Å². The number of halogens is 1. The van der Waals surface area contributed by atoms with Crippen LogP contribution < -0.4 is 4.90 Å². The predicted octanol–water partition coefficient (Wildman–Crippen LogP) is 2.82. The monoisotopic (exact) mass is 213 g/mol. The van der Waals surface area contributed by atoms with Gasteiger partial charge in [0.05, 0.1) is 5.69 Å². The number of para-hydroxylation sites is 1. The molecule has 0 fully saturated rings. The van der Waals surface area contributed by atoms with E-state index >= 15 is 0 Å². The number of benzene rings is 1. The lowest BCUT2D eigenvalue weighted by Crippen LogP contribution is -2.10. The van der Waals surface area contributed by atoms with Gasteiger partial charge in [-0.2, -0.15) is 0 Å². The molecule has 0 spiro atoms. The van der Waals surface area contributed by atoms with Crippen molar-refractivity contribution < 1.29 is 0 Å². The second-order valence-electron chi connectivity index (χ2n) is 2.80. The molecule has 1 rings (SSSR count). The zero-order valence-electron chi connectivity index (χ0n) is 7.06. The largest absolute Gasteiger partial charge is 0.377 e. The molecule has 0 aliphatic carbocycles. The third kappa shape index (κ3) is 1.74. The summed E-state index contributed by atoms with van der Waals surface area (Å²) in [5.41, 5.74) is 2.55. The molecule has 2 heteroatoms. The Kier molecular flexibility index (Phi) is 2.55. The van der Waals surface area contributed by atoms with Crippen molar-refractivity contribution >= 4 is 21.6 Å². The first kappa shape index (κ1) is 8.60. The molecule has 1 aromatic rings. The van der Waals surface area contributed by atoms with Crippen molar-refractivity contribution in [2.75, 3.05) is 19.0 Å². The quantitative estimate of drug-likeness (QED) is 0.694. The highest BCUT2D eigenvalue weighted by Gasteiger charge is 2.03. The Morgan fingerprint density at radius 3 is 2.27 bits per heavy atom. The van der Waals surface area contributed by atoms with Gasteiger partial charge in [-0.1, -0.05) is 12.1 Å². The Bertz CT molecular complexity index is 235. The molecule has 11 heavy (non-hydrogen) atoms. The van der Waals surface area contributed by atoms with Crippen LogP contribution in [0.25, 0.3) is 0 Å². The lowest BCUT2D eigenvalue weighted by Gasteiger charge is -2.16. The zero-order chi connectivity index (χ0) is 8.43. The summed E-state index contributed by atoms with van der Waals surface area (Å²) in [5.74, 6) is 0. The van der Waals surface area contributed by atoms with Crippen molar-refractivity contribution in [3.63, 3.8) is 0 Å². The average molecular weight is 214 g/mol. The Hall–Kier alpha value is -0.500. The molecular weight excluding hydrogens is 202 g/mol. The maximum absolute atomic E-state index is 3.51. The third-order valence-corrected chi connectivity index (χ3v) is 2.28. The smallest absolute Gasteiger partial charge is 0.0535 e. The molecule has 0 atom stereocenters. The highest BCUT2D eigenvalue weighted by atomic mass is 79.9. The van der Waals surface area contributed by atoms with Crippen LogP contribution in [0.3, 0.4) is 0 Å². The van der Waals surface area contributed by atoms with Crippen LogP contribution in [0.2, 0.25) is 0 Å². The Morgan fingerprint density at radius 1 is 1.27 bits per heavy atom. The first-order valence-electron chi connectivity index (χ1n) is 3.55. The average Bonchev–Trinajstić information content (AvgIpc) is 1.85. The molecule has 0 aromatic heterocycles. The van der Waals surface area contributed by atoms with Crippen molar-refractivity contribution in [1.29, 1.82) is 0 Å². The summed E-state index contributed by atoms with van der Waals surface area (Å²) in [6, 6.07) is 6.22. The van der Waals surface area contributed by atoms with E-state index < -0.39 is 0 Å². The SMILES string of the molecule is Cc1cccc(Br)c1N(C)C. The number of aryl methyl sites for hydroxylation is 1. The van der Waals surface area contributed by atoms with Crippen LogP contribution in [0.4, 0.5) is 5.69 Å². The van der Waals surface area contributed by atoms with Gasteiger partial charge in [-0.05, 0) is 34.5 Å². The van der Waals surface area contributed by atoms with Crippen LogP contribution >= 0.6 is 15.9 Å². The Labute approximate surface area is 76.2 Å². The van der Waals surface area contributed by atoms with Gasteiger partial charge < -0.3 is 4.90 Å². The fourth-order valence-corrected chi connectivity index (χ4v) is 2.01. The molecule has 1 nitrogen and oxygen atoms in total. The van der Waals surface area contributed by atoms with E-state index in [2.05, 4.69) is 39.9 Å². The molecule has 0 bridgehead atoms. The number of hydrogen-bond acceptors (Lipinski definition) is 1.